The normalized spacial score (nSPS) is 17.0. The second-order valence-electron chi connectivity index (χ2n) is 8.89. The largest absolute Gasteiger partial charge is 0.481 e. The number of carboxylic acid groups (broad SMARTS) is 2. The lowest BCUT2D eigenvalue weighted by Gasteiger charge is -2.19. The van der Waals surface area contributed by atoms with Crippen LogP contribution in [0.5, 0.6) is 0 Å². The van der Waals surface area contributed by atoms with Crippen LogP contribution < -0.4 is 5.56 Å². The average Bonchev–Trinajstić information content (AvgIpc) is 3.06. The third-order valence-electron chi connectivity index (χ3n) is 6.11. The zero-order valence-electron chi connectivity index (χ0n) is 20.0. The number of carboxylic acids is 2. The lowest BCUT2D eigenvalue weighted by Crippen LogP contribution is -2.29. The Bertz CT molecular complexity index is 1260. The molecule has 1 aliphatic heterocycles. The monoisotopic (exact) mass is 515 g/mol. The van der Waals surface area contributed by atoms with Gasteiger partial charge in [-0.3, -0.25) is 9.59 Å². The molecule has 0 radical (unpaired) electrons. The van der Waals surface area contributed by atoms with Crippen LogP contribution in [-0.4, -0.2) is 68.2 Å². The first kappa shape index (κ1) is 27.3. The molecule has 192 valence electrons. The van der Waals surface area contributed by atoms with Crippen molar-refractivity contribution in [3.05, 3.63) is 75.2 Å². The minimum Gasteiger partial charge on any atom is -0.481 e. The second-order valence-corrected chi connectivity index (χ2v) is 9.32. The smallest absolute Gasteiger partial charge is 0.333 e. The Hall–Kier alpha value is -3.27. The van der Waals surface area contributed by atoms with Gasteiger partial charge < -0.3 is 20.2 Å². The number of aromatic nitrogens is 2. The zero-order chi connectivity index (χ0) is 26.2. The van der Waals surface area contributed by atoms with Crippen LogP contribution in [0.1, 0.15) is 43.0 Å². The molecule has 3 N–H and O–H groups in total. The maximum absolute atomic E-state index is 13.1. The Morgan fingerprint density at radius 1 is 1.06 bits per heavy atom. The molecule has 9 nitrogen and oxygen atoms in total. The lowest BCUT2D eigenvalue weighted by atomic mass is 10.0. The lowest BCUT2D eigenvalue weighted by molar-refractivity contribution is -0.152. The SMILES string of the molecule is CN1CCCC(n2nc(Cc3ccc(Cl)cc3)c3ccccc3c2=O)CC1.O=C(O)CC(O)C(=O)O. The van der Waals surface area contributed by atoms with E-state index in [-0.39, 0.29) is 11.6 Å². The van der Waals surface area contributed by atoms with E-state index >= 15 is 0 Å². The molecule has 2 atom stereocenters. The summed E-state index contributed by atoms with van der Waals surface area (Å²) in [5.41, 5.74) is 2.12. The van der Waals surface area contributed by atoms with E-state index in [1.807, 2.05) is 48.5 Å². The van der Waals surface area contributed by atoms with Crippen molar-refractivity contribution >= 4 is 34.3 Å². The van der Waals surface area contributed by atoms with E-state index in [4.69, 9.17) is 32.0 Å². The highest BCUT2D eigenvalue weighted by Crippen LogP contribution is 2.23. The minimum atomic E-state index is -1.79. The quantitative estimate of drug-likeness (QED) is 0.456. The number of hydrogen-bond acceptors (Lipinski definition) is 6. The number of carbonyl (C=O) groups is 2. The summed E-state index contributed by atoms with van der Waals surface area (Å²) < 4.78 is 1.76. The van der Waals surface area contributed by atoms with E-state index in [0.29, 0.717) is 6.42 Å². The summed E-state index contributed by atoms with van der Waals surface area (Å²) in [5, 5.41) is 31.4. The molecule has 10 heteroatoms. The number of benzene rings is 2. The number of likely N-dealkylation sites (tertiary alicyclic amines) is 1. The van der Waals surface area contributed by atoms with Gasteiger partial charge in [0.1, 0.15) is 0 Å². The van der Waals surface area contributed by atoms with Gasteiger partial charge in [0.15, 0.2) is 6.10 Å². The summed E-state index contributed by atoms with van der Waals surface area (Å²) in [4.78, 5) is 34.9. The van der Waals surface area contributed by atoms with Gasteiger partial charge in [0.2, 0.25) is 0 Å². The topological polar surface area (TPSA) is 133 Å². The molecule has 0 saturated carbocycles. The number of aliphatic hydroxyl groups is 1. The Morgan fingerprint density at radius 3 is 2.33 bits per heavy atom. The van der Waals surface area contributed by atoms with Gasteiger partial charge in [-0.25, -0.2) is 9.48 Å². The van der Waals surface area contributed by atoms with Gasteiger partial charge in [0.05, 0.1) is 23.5 Å². The molecule has 1 saturated heterocycles. The van der Waals surface area contributed by atoms with E-state index in [1.165, 1.54) is 0 Å². The van der Waals surface area contributed by atoms with Gasteiger partial charge in [-0.2, -0.15) is 5.10 Å². The molecule has 0 spiro atoms. The van der Waals surface area contributed by atoms with Crippen molar-refractivity contribution < 1.29 is 24.9 Å². The van der Waals surface area contributed by atoms with Crippen LogP contribution in [0.2, 0.25) is 5.02 Å². The van der Waals surface area contributed by atoms with Crippen LogP contribution in [0.15, 0.2) is 53.3 Å². The molecule has 2 heterocycles. The fraction of sp³-hybridized carbons (Fsp3) is 0.385. The van der Waals surface area contributed by atoms with Gasteiger partial charge in [0.25, 0.3) is 5.56 Å². The number of aliphatic hydroxyl groups excluding tert-OH is 1. The van der Waals surface area contributed by atoms with Crippen molar-refractivity contribution in [2.45, 2.75) is 44.2 Å². The maximum Gasteiger partial charge on any atom is 0.333 e. The first-order valence-electron chi connectivity index (χ1n) is 11.7. The Morgan fingerprint density at radius 2 is 1.72 bits per heavy atom. The molecule has 0 bridgehead atoms. The molecule has 0 amide bonds. The molecule has 2 aromatic carbocycles. The van der Waals surface area contributed by atoms with Crippen LogP contribution in [0.3, 0.4) is 0 Å². The van der Waals surface area contributed by atoms with Crippen molar-refractivity contribution in [3.8, 4) is 0 Å². The Labute approximate surface area is 213 Å². The highest BCUT2D eigenvalue weighted by atomic mass is 35.5. The molecule has 4 rings (SSSR count). The fourth-order valence-electron chi connectivity index (χ4n) is 4.17. The summed E-state index contributed by atoms with van der Waals surface area (Å²) in [5.74, 6) is -2.85. The zero-order valence-corrected chi connectivity index (χ0v) is 20.8. The summed E-state index contributed by atoms with van der Waals surface area (Å²) in [6, 6.07) is 15.8. The Kier molecular flexibility index (Phi) is 9.58. The highest BCUT2D eigenvalue weighted by Gasteiger charge is 2.21. The van der Waals surface area contributed by atoms with Crippen LogP contribution in [0.25, 0.3) is 10.8 Å². The standard InChI is InChI=1S/C22H24ClN3O.C4H6O5/c1-25-13-4-5-18(12-14-25)26-22(27)20-7-3-2-6-19(20)21(24-26)15-16-8-10-17(23)11-9-16;5-2(4(8)9)1-3(6)7/h2-3,6-11,18H,4-5,12-15H2,1H3;2,5H,1H2,(H,6,7)(H,8,9). The van der Waals surface area contributed by atoms with Crippen LogP contribution >= 0.6 is 11.6 Å². The van der Waals surface area contributed by atoms with Crippen LogP contribution in [0, 0.1) is 0 Å². The number of nitrogens with zero attached hydrogens (tertiary/aromatic N) is 3. The van der Waals surface area contributed by atoms with Crippen LogP contribution in [-0.2, 0) is 16.0 Å². The molecule has 1 aliphatic rings. The number of hydrogen-bond donors (Lipinski definition) is 3. The van der Waals surface area contributed by atoms with Crippen LogP contribution in [0.4, 0.5) is 0 Å². The molecular weight excluding hydrogens is 486 g/mol. The number of halogens is 1. The summed E-state index contributed by atoms with van der Waals surface area (Å²) in [6.07, 6.45) is 1.19. The second kappa shape index (κ2) is 12.6. The first-order chi connectivity index (χ1) is 17.2. The number of aliphatic carboxylic acids is 2. The van der Waals surface area contributed by atoms with Crippen molar-refractivity contribution in [2.75, 3.05) is 20.1 Å². The van der Waals surface area contributed by atoms with Gasteiger partial charge in [-0.1, -0.05) is 41.9 Å². The van der Waals surface area contributed by atoms with E-state index in [1.54, 1.807) is 4.68 Å². The van der Waals surface area contributed by atoms with Gasteiger partial charge in [0, 0.05) is 16.8 Å². The number of rotatable bonds is 6. The molecule has 2 unspecified atom stereocenters. The third-order valence-corrected chi connectivity index (χ3v) is 6.36. The minimum absolute atomic E-state index is 0.0278. The first-order valence-corrected chi connectivity index (χ1v) is 12.1. The van der Waals surface area contributed by atoms with Crippen molar-refractivity contribution in [2.24, 2.45) is 0 Å². The summed E-state index contributed by atoms with van der Waals surface area (Å²) >= 11 is 6.02. The molecule has 1 aromatic heterocycles. The molecule has 36 heavy (non-hydrogen) atoms. The van der Waals surface area contributed by atoms with Crippen molar-refractivity contribution in [1.29, 1.82) is 0 Å². The van der Waals surface area contributed by atoms with E-state index < -0.39 is 24.5 Å². The van der Waals surface area contributed by atoms with E-state index in [2.05, 4.69) is 11.9 Å². The predicted molar refractivity (Wildman–Crippen MR) is 137 cm³/mol. The van der Waals surface area contributed by atoms with Crippen molar-refractivity contribution in [1.82, 2.24) is 14.7 Å². The van der Waals surface area contributed by atoms with E-state index in [0.717, 1.165) is 59.4 Å². The average molecular weight is 516 g/mol. The number of fused-ring (bicyclic) bond motifs is 1. The van der Waals surface area contributed by atoms with Gasteiger partial charge in [-0.05, 0) is 63.2 Å². The third kappa shape index (κ3) is 7.36. The van der Waals surface area contributed by atoms with Crippen molar-refractivity contribution in [3.63, 3.8) is 0 Å². The van der Waals surface area contributed by atoms with Gasteiger partial charge >= 0.3 is 11.9 Å². The maximum atomic E-state index is 13.1. The Balaban J connectivity index is 0.000000345. The molecule has 1 fully saturated rings. The predicted octanol–water partition coefficient (Wildman–Crippen LogP) is 3.20. The van der Waals surface area contributed by atoms with E-state index in [9.17, 15) is 14.4 Å². The molecule has 0 aliphatic carbocycles. The molecule has 3 aromatic rings. The fourth-order valence-corrected chi connectivity index (χ4v) is 4.29. The highest BCUT2D eigenvalue weighted by molar-refractivity contribution is 6.30. The summed E-state index contributed by atoms with van der Waals surface area (Å²) in [7, 11) is 2.14. The summed E-state index contributed by atoms with van der Waals surface area (Å²) in [6.45, 7) is 2.08. The van der Waals surface area contributed by atoms with Gasteiger partial charge in [-0.15, -0.1) is 0 Å². The molecular formula is C26H30ClN3O6.